The molecule has 0 spiro atoms. The smallest absolute Gasteiger partial charge is 0.410 e. The number of carbonyl (C=O) groups is 1. The van der Waals surface area contributed by atoms with E-state index < -0.39 is 17.2 Å². The Morgan fingerprint density at radius 1 is 1.09 bits per heavy atom. The number of hydrogen-bond donors (Lipinski definition) is 0. The van der Waals surface area contributed by atoms with Crippen LogP contribution in [0.25, 0.3) is 10.9 Å². The number of rotatable bonds is 4. The molecule has 2 aliphatic rings. The van der Waals surface area contributed by atoms with Crippen LogP contribution in [-0.4, -0.2) is 52.6 Å². The van der Waals surface area contributed by atoms with Crippen LogP contribution < -0.4 is 4.90 Å². The number of fused-ring (bicyclic) bond motifs is 1. The Bertz CT molecular complexity index is 1180. The highest BCUT2D eigenvalue weighted by atomic mass is 19.1. The minimum Gasteiger partial charge on any atom is -0.444 e. The first kappa shape index (κ1) is 21.7. The molecule has 0 bridgehead atoms. The standard InChI is InChI=1S/C25H28F2N4O2/c1-25(2,3)33-24(32)30-14-17(15-30)23-22-20(27)9-18(26)10-21(22)31(28-23)13-16-11-29(12-16)19-7-5-4-6-8-19/h4-10,16-17H,11-15H2,1-3H3. The van der Waals surface area contributed by atoms with Gasteiger partial charge in [0.05, 0.1) is 16.6 Å². The minimum absolute atomic E-state index is 0.108. The summed E-state index contributed by atoms with van der Waals surface area (Å²) >= 11 is 0. The summed E-state index contributed by atoms with van der Waals surface area (Å²) in [5, 5.41) is 5.07. The van der Waals surface area contributed by atoms with Crippen molar-refractivity contribution in [1.29, 1.82) is 0 Å². The molecule has 174 valence electrons. The molecule has 1 amide bonds. The van der Waals surface area contributed by atoms with Crippen molar-refractivity contribution < 1.29 is 18.3 Å². The summed E-state index contributed by atoms with van der Waals surface area (Å²) < 4.78 is 36.0. The number of para-hydroxylation sites is 1. The molecule has 2 aromatic carbocycles. The maximum Gasteiger partial charge on any atom is 0.410 e. The van der Waals surface area contributed by atoms with Crippen molar-refractivity contribution in [3.05, 3.63) is 59.8 Å². The van der Waals surface area contributed by atoms with Crippen molar-refractivity contribution in [2.24, 2.45) is 5.92 Å². The second-order valence-electron chi connectivity index (χ2n) is 10.0. The highest BCUT2D eigenvalue weighted by Gasteiger charge is 2.38. The lowest BCUT2D eigenvalue weighted by Gasteiger charge is -2.41. The first-order valence-electron chi connectivity index (χ1n) is 11.3. The number of carbonyl (C=O) groups excluding carboxylic acids is 1. The van der Waals surface area contributed by atoms with Crippen LogP contribution in [0.2, 0.25) is 0 Å². The average Bonchev–Trinajstić information content (AvgIpc) is 3.00. The van der Waals surface area contributed by atoms with E-state index in [1.165, 1.54) is 11.8 Å². The largest absolute Gasteiger partial charge is 0.444 e. The highest BCUT2D eigenvalue weighted by molar-refractivity contribution is 5.84. The fraction of sp³-hybridized carbons (Fsp3) is 0.440. The monoisotopic (exact) mass is 454 g/mol. The second-order valence-corrected chi connectivity index (χ2v) is 10.0. The van der Waals surface area contributed by atoms with Gasteiger partial charge in [-0.05, 0) is 39.0 Å². The average molecular weight is 455 g/mol. The lowest BCUT2D eigenvalue weighted by molar-refractivity contribution is 0.00791. The molecule has 3 heterocycles. The summed E-state index contributed by atoms with van der Waals surface area (Å²) in [5.74, 6) is -0.992. The molecule has 0 radical (unpaired) electrons. The first-order valence-corrected chi connectivity index (χ1v) is 11.3. The molecule has 0 unspecified atom stereocenters. The Labute approximate surface area is 191 Å². The number of likely N-dealkylation sites (tertiary alicyclic amines) is 1. The van der Waals surface area contributed by atoms with Crippen LogP contribution in [0.3, 0.4) is 0 Å². The van der Waals surface area contributed by atoms with E-state index in [-0.39, 0.29) is 12.0 Å². The van der Waals surface area contributed by atoms with E-state index in [4.69, 9.17) is 9.84 Å². The summed E-state index contributed by atoms with van der Waals surface area (Å²) in [6.45, 7) is 8.60. The summed E-state index contributed by atoms with van der Waals surface area (Å²) in [6, 6.07) is 12.4. The van der Waals surface area contributed by atoms with Gasteiger partial charge in [-0.2, -0.15) is 5.10 Å². The summed E-state index contributed by atoms with van der Waals surface area (Å²) in [7, 11) is 0. The number of nitrogens with zero attached hydrogens (tertiary/aromatic N) is 4. The van der Waals surface area contributed by atoms with E-state index in [0.29, 0.717) is 42.1 Å². The summed E-state index contributed by atoms with van der Waals surface area (Å²) in [5.41, 5.74) is 1.66. The Kier molecular flexibility index (Phi) is 5.26. The zero-order chi connectivity index (χ0) is 23.3. The van der Waals surface area contributed by atoms with Gasteiger partial charge >= 0.3 is 6.09 Å². The number of ether oxygens (including phenoxy) is 1. The molecule has 2 aliphatic heterocycles. The third-order valence-electron chi connectivity index (χ3n) is 6.23. The molecule has 0 N–H and O–H groups in total. The molecule has 8 heteroatoms. The molecule has 0 saturated carbocycles. The van der Waals surface area contributed by atoms with Crippen LogP contribution in [0.4, 0.5) is 19.3 Å². The Balaban J connectivity index is 1.33. The number of aromatic nitrogens is 2. The highest BCUT2D eigenvalue weighted by Crippen LogP contribution is 2.35. The molecular formula is C25H28F2N4O2. The number of anilines is 1. The minimum atomic E-state index is -0.615. The van der Waals surface area contributed by atoms with Crippen LogP contribution in [0, 0.1) is 17.6 Å². The van der Waals surface area contributed by atoms with Crippen molar-refractivity contribution in [1.82, 2.24) is 14.7 Å². The van der Waals surface area contributed by atoms with Crippen molar-refractivity contribution in [2.45, 2.75) is 38.8 Å². The molecule has 5 rings (SSSR count). The van der Waals surface area contributed by atoms with Gasteiger partial charge < -0.3 is 14.5 Å². The summed E-state index contributed by atoms with van der Waals surface area (Å²) in [6.07, 6.45) is -0.385. The van der Waals surface area contributed by atoms with Gasteiger partial charge in [0.25, 0.3) is 0 Å². The SMILES string of the molecule is CC(C)(C)OC(=O)N1CC(c2nn(CC3CN(c4ccccc4)C3)c3cc(F)cc(F)c23)C1. The summed E-state index contributed by atoms with van der Waals surface area (Å²) in [4.78, 5) is 16.2. The molecule has 0 atom stereocenters. The number of halogens is 2. The van der Waals surface area contributed by atoms with Gasteiger partial charge in [0, 0.05) is 56.3 Å². The van der Waals surface area contributed by atoms with Gasteiger partial charge in [-0.15, -0.1) is 0 Å². The van der Waals surface area contributed by atoms with E-state index in [1.807, 2.05) is 39.0 Å². The van der Waals surface area contributed by atoms with Crippen molar-refractivity contribution in [2.75, 3.05) is 31.1 Å². The van der Waals surface area contributed by atoms with Gasteiger partial charge in [0.2, 0.25) is 0 Å². The fourth-order valence-corrected chi connectivity index (χ4v) is 4.58. The first-order chi connectivity index (χ1) is 15.7. The maximum absolute atomic E-state index is 14.8. The van der Waals surface area contributed by atoms with E-state index in [0.717, 1.165) is 19.2 Å². The van der Waals surface area contributed by atoms with Crippen LogP contribution in [0.15, 0.2) is 42.5 Å². The Morgan fingerprint density at radius 2 is 1.79 bits per heavy atom. The predicted molar refractivity (Wildman–Crippen MR) is 122 cm³/mol. The van der Waals surface area contributed by atoms with Crippen LogP contribution >= 0.6 is 0 Å². The third kappa shape index (κ3) is 4.26. The van der Waals surface area contributed by atoms with Crippen molar-refractivity contribution >= 4 is 22.7 Å². The molecule has 6 nitrogen and oxygen atoms in total. The zero-order valence-corrected chi connectivity index (χ0v) is 19.1. The van der Waals surface area contributed by atoms with E-state index in [2.05, 4.69) is 17.0 Å². The van der Waals surface area contributed by atoms with Gasteiger partial charge in [-0.3, -0.25) is 4.68 Å². The van der Waals surface area contributed by atoms with Gasteiger partial charge in [0.1, 0.15) is 17.2 Å². The molecule has 2 saturated heterocycles. The van der Waals surface area contributed by atoms with Gasteiger partial charge in [0.15, 0.2) is 0 Å². The van der Waals surface area contributed by atoms with Gasteiger partial charge in [-0.25, -0.2) is 13.6 Å². The fourth-order valence-electron chi connectivity index (χ4n) is 4.58. The van der Waals surface area contributed by atoms with Gasteiger partial charge in [-0.1, -0.05) is 18.2 Å². The van der Waals surface area contributed by atoms with E-state index in [9.17, 15) is 13.6 Å². The Hall–Kier alpha value is -3.16. The lowest BCUT2D eigenvalue weighted by Crippen LogP contribution is -2.50. The number of hydrogen-bond acceptors (Lipinski definition) is 4. The molecule has 0 aliphatic carbocycles. The second kappa shape index (κ2) is 8.01. The molecule has 33 heavy (non-hydrogen) atoms. The maximum atomic E-state index is 14.8. The van der Waals surface area contributed by atoms with Crippen molar-refractivity contribution in [3.63, 3.8) is 0 Å². The van der Waals surface area contributed by atoms with Crippen LogP contribution in [-0.2, 0) is 11.3 Å². The van der Waals surface area contributed by atoms with E-state index >= 15 is 0 Å². The predicted octanol–water partition coefficient (Wildman–Crippen LogP) is 4.79. The number of benzene rings is 2. The van der Waals surface area contributed by atoms with E-state index in [1.54, 1.807) is 9.58 Å². The van der Waals surface area contributed by atoms with Crippen LogP contribution in [0.1, 0.15) is 32.4 Å². The molecule has 1 aromatic heterocycles. The van der Waals surface area contributed by atoms with Crippen molar-refractivity contribution in [3.8, 4) is 0 Å². The number of amides is 1. The molecule has 2 fully saturated rings. The topological polar surface area (TPSA) is 50.6 Å². The van der Waals surface area contributed by atoms with Crippen LogP contribution in [0.5, 0.6) is 0 Å². The quantitative estimate of drug-likeness (QED) is 0.569. The lowest BCUT2D eigenvalue weighted by atomic mass is 9.94. The Morgan fingerprint density at radius 3 is 2.45 bits per heavy atom. The molecule has 3 aromatic rings. The normalized spacial score (nSPS) is 17.2. The zero-order valence-electron chi connectivity index (χ0n) is 19.1. The molecular weight excluding hydrogens is 426 g/mol. The third-order valence-corrected chi connectivity index (χ3v) is 6.23.